The summed E-state index contributed by atoms with van der Waals surface area (Å²) in [6, 6.07) is 9.55. The van der Waals surface area contributed by atoms with Crippen molar-refractivity contribution in [2.75, 3.05) is 4.90 Å². The molecule has 4 heteroatoms. The van der Waals surface area contributed by atoms with Crippen LogP contribution in [0.1, 0.15) is 38.3 Å². The largest absolute Gasteiger partial charge is 0.364 e. The highest BCUT2D eigenvalue weighted by Crippen LogP contribution is 2.22. The van der Waals surface area contributed by atoms with E-state index in [9.17, 15) is 0 Å². The quantitative estimate of drug-likeness (QED) is 0.836. The number of thiophene rings is 1. The monoisotopic (exact) mass is 303 g/mol. The second-order valence-corrected chi connectivity index (χ2v) is 6.87. The van der Waals surface area contributed by atoms with Gasteiger partial charge in [-0.2, -0.15) is 0 Å². The number of nitrogens with one attached hydrogen (secondary N) is 1. The molecule has 0 unspecified atom stereocenters. The molecule has 1 N–H and O–H groups in total. The first-order chi connectivity index (χ1) is 10.1. The smallest absolute Gasteiger partial charge is 0.0562 e. The maximum absolute atomic E-state index is 4.46. The molecule has 21 heavy (non-hydrogen) atoms. The van der Waals surface area contributed by atoms with E-state index in [1.54, 1.807) is 0 Å². The highest BCUT2D eigenvalue weighted by atomic mass is 32.1. The van der Waals surface area contributed by atoms with Crippen molar-refractivity contribution < 1.29 is 0 Å². The van der Waals surface area contributed by atoms with Crippen LogP contribution in [-0.2, 0) is 13.1 Å². The summed E-state index contributed by atoms with van der Waals surface area (Å²) in [4.78, 5) is 8.28. The summed E-state index contributed by atoms with van der Waals surface area (Å²) in [5, 5.41) is 5.56. The molecule has 114 valence electrons. The topological polar surface area (TPSA) is 28.2 Å². The second-order valence-electron chi connectivity index (χ2n) is 5.84. The molecule has 0 radical (unpaired) electrons. The van der Waals surface area contributed by atoms with Crippen molar-refractivity contribution in [1.82, 2.24) is 10.3 Å². The first kappa shape index (κ1) is 16.0. The molecule has 2 rings (SSSR count). The summed E-state index contributed by atoms with van der Waals surface area (Å²) in [6.45, 7) is 10.6. The molecule has 0 saturated heterocycles. The fourth-order valence-corrected chi connectivity index (χ4v) is 2.89. The van der Waals surface area contributed by atoms with Gasteiger partial charge in [0.05, 0.1) is 12.2 Å². The van der Waals surface area contributed by atoms with Crippen LogP contribution in [0.4, 0.5) is 5.69 Å². The summed E-state index contributed by atoms with van der Waals surface area (Å²) in [5.41, 5.74) is 2.34. The molecule has 0 atom stereocenters. The Morgan fingerprint density at radius 1 is 1.24 bits per heavy atom. The van der Waals surface area contributed by atoms with E-state index in [2.05, 4.69) is 72.5 Å². The zero-order valence-corrected chi connectivity index (χ0v) is 14.2. The summed E-state index contributed by atoms with van der Waals surface area (Å²) < 4.78 is 0. The molecule has 0 aromatic carbocycles. The van der Waals surface area contributed by atoms with E-state index in [0.717, 1.165) is 18.8 Å². The van der Waals surface area contributed by atoms with Gasteiger partial charge in [0, 0.05) is 35.4 Å². The maximum atomic E-state index is 4.46. The van der Waals surface area contributed by atoms with Crippen LogP contribution in [0, 0.1) is 0 Å². The Balaban J connectivity index is 2.14. The predicted molar refractivity (Wildman–Crippen MR) is 91.9 cm³/mol. The summed E-state index contributed by atoms with van der Waals surface area (Å²) >= 11 is 1.81. The molecule has 0 fully saturated rings. The van der Waals surface area contributed by atoms with Gasteiger partial charge in [0.2, 0.25) is 0 Å². The Hall–Kier alpha value is -1.39. The van der Waals surface area contributed by atoms with Crippen LogP contribution < -0.4 is 10.2 Å². The fraction of sp³-hybridized carbons (Fsp3) is 0.471. The number of rotatable bonds is 7. The van der Waals surface area contributed by atoms with E-state index in [4.69, 9.17) is 0 Å². The maximum Gasteiger partial charge on any atom is 0.0562 e. The zero-order valence-electron chi connectivity index (χ0n) is 13.3. The van der Waals surface area contributed by atoms with E-state index in [0.29, 0.717) is 12.1 Å². The Morgan fingerprint density at radius 2 is 2.05 bits per heavy atom. The molecule has 0 bridgehead atoms. The third-order valence-corrected chi connectivity index (χ3v) is 4.21. The van der Waals surface area contributed by atoms with Crippen molar-refractivity contribution in [3.63, 3.8) is 0 Å². The van der Waals surface area contributed by atoms with Gasteiger partial charge in [-0.3, -0.25) is 4.98 Å². The highest BCUT2D eigenvalue weighted by molar-refractivity contribution is 7.09. The molecule has 0 spiro atoms. The summed E-state index contributed by atoms with van der Waals surface area (Å²) in [5.74, 6) is 0. The van der Waals surface area contributed by atoms with Gasteiger partial charge < -0.3 is 10.2 Å². The molecule has 3 nitrogen and oxygen atoms in total. The van der Waals surface area contributed by atoms with Gasteiger partial charge in [-0.05, 0) is 37.4 Å². The number of aromatic nitrogens is 1. The van der Waals surface area contributed by atoms with Crippen molar-refractivity contribution in [3.8, 4) is 0 Å². The molecule has 0 aliphatic heterocycles. The normalized spacial score (nSPS) is 11.3. The lowest BCUT2D eigenvalue weighted by atomic mass is 10.2. The van der Waals surface area contributed by atoms with Gasteiger partial charge in [-0.25, -0.2) is 0 Å². The lowest BCUT2D eigenvalue weighted by Gasteiger charge is -2.29. The van der Waals surface area contributed by atoms with Gasteiger partial charge in [-0.15, -0.1) is 11.3 Å². The van der Waals surface area contributed by atoms with E-state index >= 15 is 0 Å². The van der Waals surface area contributed by atoms with Crippen molar-refractivity contribution in [1.29, 1.82) is 0 Å². The van der Waals surface area contributed by atoms with Crippen molar-refractivity contribution in [2.45, 2.75) is 52.9 Å². The Morgan fingerprint density at radius 3 is 2.67 bits per heavy atom. The average Bonchev–Trinajstić information content (AvgIpc) is 2.95. The molecule has 2 heterocycles. The summed E-state index contributed by atoms with van der Waals surface area (Å²) in [6.07, 6.45) is 1.91. The van der Waals surface area contributed by atoms with Crippen LogP contribution in [0.5, 0.6) is 0 Å². The Kier molecular flexibility index (Phi) is 5.76. The van der Waals surface area contributed by atoms with Crippen molar-refractivity contribution in [2.24, 2.45) is 0 Å². The molecular weight excluding hydrogens is 278 g/mol. The molecule has 0 aliphatic rings. The van der Waals surface area contributed by atoms with Crippen LogP contribution in [0.3, 0.4) is 0 Å². The van der Waals surface area contributed by atoms with E-state index < -0.39 is 0 Å². The Labute approximate surface area is 132 Å². The molecule has 0 aliphatic carbocycles. The number of anilines is 1. The van der Waals surface area contributed by atoms with Gasteiger partial charge in [0.25, 0.3) is 0 Å². The van der Waals surface area contributed by atoms with Crippen LogP contribution in [-0.4, -0.2) is 17.1 Å². The standard InChI is InChI=1S/C17H25N3S/c1-13(2)19-11-15-10-16(7-8-18-15)20(14(3)4)12-17-6-5-9-21-17/h5-10,13-14,19H,11-12H2,1-4H3. The highest BCUT2D eigenvalue weighted by Gasteiger charge is 2.12. The number of pyridine rings is 1. The van der Waals surface area contributed by atoms with Crippen LogP contribution in [0.2, 0.25) is 0 Å². The van der Waals surface area contributed by atoms with Crippen LogP contribution in [0.25, 0.3) is 0 Å². The minimum Gasteiger partial charge on any atom is -0.364 e. The molecule has 0 saturated carbocycles. The van der Waals surface area contributed by atoms with Gasteiger partial charge in [-0.1, -0.05) is 19.9 Å². The van der Waals surface area contributed by atoms with E-state index in [1.165, 1.54) is 10.6 Å². The van der Waals surface area contributed by atoms with Crippen molar-refractivity contribution in [3.05, 3.63) is 46.4 Å². The molecule has 2 aromatic rings. The first-order valence-electron chi connectivity index (χ1n) is 7.53. The minimum atomic E-state index is 0.459. The second kappa shape index (κ2) is 7.57. The molecule has 2 aromatic heterocycles. The minimum absolute atomic E-state index is 0.459. The SMILES string of the molecule is CC(C)NCc1cc(N(Cc2cccs2)C(C)C)ccn1. The third kappa shape index (κ3) is 4.83. The first-order valence-corrected chi connectivity index (χ1v) is 8.41. The number of hydrogen-bond acceptors (Lipinski definition) is 4. The van der Waals surface area contributed by atoms with Gasteiger partial charge >= 0.3 is 0 Å². The number of nitrogens with zero attached hydrogens (tertiary/aromatic N) is 2. The van der Waals surface area contributed by atoms with Crippen LogP contribution >= 0.6 is 11.3 Å². The number of hydrogen-bond donors (Lipinski definition) is 1. The summed E-state index contributed by atoms with van der Waals surface area (Å²) in [7, 11) is 0. The average molecular weight is 303 g/mol. The van der Waals surface area contributed by atoms with Crippen LogP contribution in [0.15, 0.2) is 35.8 Å². The lowest BCUT2D eigenvalue weighted by Crippen LogP contribution is -2.30. The fourth-order valence-electron chi connectivity index (χ4n) is 2.19. The van der Waals surface area contributed by atoms with Gasteiger partial charge in [0.1, 0.15) is 0 Å². The predicted octanol–water partition coefficient (Wildman–Crippen LogP) is 4.06. The van der Waals surface area contributed by atoms with E-state index in [-0.39, 0.29) is 0 Å². The molecular formula is C17H25N3S. The lowest BCUT2D eigenvalue weighted by molar-refractivity contribution is 0.581. The zero-order chi connectivity index (χ0) is 15.2. The Bertz CT molecular complexity index is 535. The van der Waals surface area contributed by atoms with Gasteiger partial charge in [0.15, 0.2) is 0 Å². The third-order valence-electron chi connectivity index (χ3n) is 3.35. The van der Waals surface area contributed by atoms with Crippen molar-refractivity contribution >= 4 is 17.0 Å². The van der Waals surface area contributed by atoms with E-state index in [1.807, 2.05) is 17.5 Å². The molecule has 0 amide bonds.